The zero-order valence-corrected chi connectivity index (χ0v) is 18.8. The highest BCUT2D eigenvalue weighted by atomic mass is 35.5. The number of hydrogen-bond acceptors (Lipinski definition) is 6. The van der Waals surface area contributed by atoms with Crippen LogP contribution >= 0.6 is 11.6 Å². The second-order valence-corrected chi connectivity index (χ2v) is 9.48. The zero-order chi connectivity index (χ0) is 22.8. The van der Waals surface area contributed by atoms with Gasteiger partial charge in [-0.3, -0.25) is 0 Å². The van der Waals surface area contributed by atoms with E-state index in [1.165, 1.54) is 0 Å². The molecule has 0 spiro atoms. The SMILES string of the molecule is O=S(=O)(Nc1nc2cc(Cl)ccc2o1)c1ccc(CCc2ncc(-c3ccccc3)o2)cc1. The molecule has 33 heavy (non-hydrogen) atoms. The van der Waals surface area contributed by atoms with Gasteiger partial charge in [-0.15, -0.1) is 0 Å². The van der Waals surface area contributed by atoms with Crippen molar-refractivity contribution in [3.63, 3.8) is 0 Å². The van der Waals surface area contributed by atoms with Crippen LogP contribution in [0.3, 0.4) is 0 Å². The van der Waals surface area contributed by atoms with Gasteiger partial charge in [0.25, 0.3) is 10.0 Å². The standard InChI is InChI=1S/C24H18ClN3O4S/c25-18-9-12-21-20(14-18)27-24(32-21)28-33(29,30)19-10-6-16(7-11-19)8-13-23-26-15-22(31-23)17-4-2-1-3-5-17/h1-7,9-12,14-15H,8,13H2,(H,27,28). The van der Waals surface area contributed by atoms with Gasteiger partial charge in [0, 0.05) is 17.0 Å². The van der Waals surface area contributed by atoms with Crippen LogP contribution in [0.5, 0.6) is 0 Å². The van der Waals surface area contributed by atoms with Gasteiger partial charge in [-0.1, -0.05) is 54.1 Å². The Balaban J connectivity index is 1.24. The molecule has 1 N–H and O–H groups in total. The number of oxazole rings is 2. The smallest absolute Gasteiger partial charge is 0.309 e. The van der Waals surface area contributed by atoms with E-state index in [2.05, 4.69) is 14.7 Å². The molecule has 0 unspecified atom stereocenters. The summed E-state index contributed by atoms with van der Waals surface area (Å²) in [6, 6.07) is 21.2. The number of halogens is 1. The number of hydrogen-bond donors (Lipinski definition) is 1. The van der Waals surface area contributed by atoms with Crippen LogP contribution < -0.4 is 4.72 Å². The second kappa shape index (κ2) is 8.73. The van der Waals surface area contributed by atoms with E-state index in [9.17, 15) is 8.42 Å². The summed E-state index contributed by atoms with van der Waals surface area (Å²) in [7, 11) is -3.85. The van der Waals surface area contributed by atoms with Crippen molar-refractivity contribution in [2.24, 2.45) is 0 Å². The lowest BCUT2D eigenvalue weighted by Crippen LogP contribution is -2.13. The van der Waals surface area contributed by atoms with E-state index in [0.29, 0.717) is 34.9 Å². The minimum Gasteiger partial charge on any atom is -0.441 e. The Morgan fingerprint density at radius 2 is 1.70 bits per heavy atom. The van der Waals surface area contributed by atoms with Crippen molar-refractivity contribution in [3.8, 4) is 11.3 Å². The van der Waals surface area contributed by atoms with Gasteiger partial charge < -0.3 is 8.83 Å². The fourth-order valence-corrected chi connectivity index (χ4v) is 4.46. The summed E-state index contributed by atoms with van der Waals surface area (Å²) in [5.41, 5.74) is 2.84. The minimum atomic E-state index is -3.85. The highest BCUT2D eigenvalue weighted by Crippen LogP contribution is 2.25. The number of sulfonamides is 1. The Labute approximate surface area is 195 Å². The molecule has 2 aromatic heterocycles. The van der Waals surface area contributed by atoms with E-state index in [4.69, 9.17) is 20.4 Å². The number of nitrogens with one attached hydrogen (secondary N) is 1. The molecule has 0 aliphatic rings. The Kier molecular flexibility index (Phi) is 5.62. The number of benzene rings is 3. The fourth-order valence-electron chi connectivity index (χ4n) is 3.37. The molecule has 0 amide bonds. The number of aromatic nitrogens is 2. The van der Waals surface area contributed by atoms with Crippen LogP contribution in [0.25, 0.3) is 22.4 Å². The Morgan fingerprint density at radius 3 is 2.48 bits per heavy atom. The topological polar surface area (TPSA) is 98.2 Å². The quantitative estimate of drug-likeness (QED) is 0.320. The van der Waals surface area contributed by atoms with Crippen LogP contribution in [0.1, 0.15) is 11.5 Å². The summed E-state index contributed by atoms with van der Waals surface area (Å²) in [6.45, 7) is 0. The molecule has 2 heterocycles. The summed E-state index contributed by atoms with van der Waals surface area (Å²) < 4.78 is 39.1. The van der Waals surface area contributed by atoms with Crippen LogP contribution in [-0.2, 0) is 22.9 Å². The van der Waals surface area contributed by atoms with Crippen molar-refractivity contribution < 1.29 is 17.3 Å². The molecule has 7 nitrogen and oxygen atoms in total. The summed E-state index contributed by atoms with van der Waals surface area (Å²) >= 11 is 5.94. The van der Waals surface area contributed by atoms with Crippen molar-refractivity contribution in [1.82, 2.24) is 9.97 Å². The zero-order valence-electron chi connectivity index (χ0n) is 17.2. The summed E-state index contributed by atoms with van der Waals surface area (Å²) in [5.74, 6) is 1.35. The number of rotatable bonds is 7. The lowest BCUT2D eigenvalue weighted by atomic mass is 10.1. The van der Waals surface area contributed by atoms with Crippen molar-refractivity contribution in [2.45, 2.75) is 17.7 Å². The molecule has 0 aliphatic heterocycles. The second-order valence-electron chi connectivity index (χ2n) is 7.36. The largest absolute Gasteiger partial charge is 0.441 e. The average Bonchev–Trinajstić information content (AvgIpc) is 3.44. The Hall–Kier alpha value is -3.62. The van der Waals surface area contributed by atoms with E-state index < -0.39 is 10.0 Å². The molecule has 0 saturated carbocycles. The predicted molar refractivity (Wildman–Crippen MR) is 126 cm³/mol. The number of aryl methyl sites for hydroxylation is 2. The molecule has 0 saturated heterocycles. The Bertz CT molecular complexity index is 1510. The average molecular weight is 480 g/mol. The van der Waals surface area contributed by atoms with Gasteiger partial charge in [-0.05, 0) is 42.3 Å². The number of fused-ring (bicyclic) bond motifs is 1. The fraction of sp³-hybridized carbons (Fsp3) is 0.0833. The van der Waals surface area contributed by atoms with E-state index >= 15 is 0 Å². The van der Waals surface area contributed by atoms with E-state index in [-0.39, 0.29) is 10.9 Å². The molecule has 0 radical (unpaired) electrons. The third-order valence-corrected chi connectivity index (χ3v) is 6.62. The van der Waals surface area contributed by atoms with Gasteiger partial charge in [0.1, 0.15) is 5.52 Å². The first kappa shape index (κ1) is 21.2. The predicted octanol–water partition coefficient (Wildman–Crippen LogP) is 5.72. The normalized spacial score (nSPS) is 11.7. The van der Waals surface area contributed by atoms with Crippen molar-refractivity contribution >= 4 is 38.7 Å². The van der Waals surface area contributed by atoms with Crippen LogP contribution in [-0.4, -0.2) is 18.4 Å². The first-order valence-corrected chi connectivity index (χ1v) is 12.0. The third-order valence-electron chi connectivity index (χ3n) is 5.04. The molecule has 0 fully saturated rings. The van der Waals surface area contributed by atoms with Gasteiger partial charge in [0.05, 0.1) is 11.1 Å². The minimum absolute atomic E-state index is 0.106. The van der Waals surface area contributed by atoms with Crippen LogP contribution in [0.4, 0.5) is 6.01 Å². The summed E-state index contributed by atoms with van der Waals surface area (Å²) in [4.78, 5) is 8.57. The van der Waals surface area contributed by atoms with Gasteiger partial charge in [0.15, 0.2) is 17.2 Å². The molecule has 166 valence electrons. The molecular formula is C24H18ClN3O4S. The monoisotopic (exact) mass is 479 g/mol. The van der Waals surface area contributed by atoms with Gasteiger partial charge in [0.2, 0.25) is 0 Å². The maximum Gasteiger partial charge on any atom is 0.309 e. The van der Waals surface area contributed by atoms with Crippen LogP contribution in [0.2, 0.25) is 5.02 Å². The number of nitrogens with zero attached hydrogens (tertiary/aromatic N) is 2. The molecule has 9 heteroatoms. The molecule has 0 aliphatic carbocycles. The molecule has 0 atom stereocenters. The first-order valence-electron chi connectivity index (χ1n) is 10.1. The van der Waals surface area contributed by atoms with Gasteiger partial charge in [-0.2, -0.15) is 4.98 Å². The highest BCUT2D eigenvalue weighted by molar-refractivity contribution is 7.92. The highest BCUT2D eigenvalue weighted by Gasteiger charge is 2.18. The maximum atomic E-state index is 12.7. The van der Waals surface area contributed by atoms with Crippen molar-refractivity contribution in [3.05, 3.63) is 95.5 Å². The van der Waals surface area contributed by atoms with E-state index in [0.717, 1.165) is 16.9 Å². The summed E-state index contributed by atoms with van der Waals surface area (Å²) in [5, 5.41) is 0.488. The summed E-state index contributed by atoms with van der Waals surface area (Å²) in [6.07, 6.45) is 2.98. The van der Waals surface area contributed by atoms with Crippen LogP contribution in [0, 0.1) is 0 Å². The number of anilines is 1. The third kappa shape index (κ3) is 4.76. The Morgan fingerprint density at radius 1 is 0.909 bits per heavy atom. The van der Waals surface area contributed by atoms with Gasteiger partial charge in [-0.25, -0.2) is 18.1 Å². The molecule has 5 aromatic rings. The molecular weight excluding hydrogens is 462 g/mol. The lowest BCUT2D eigenvalue weighted by Gasteiger charge is -2.05. The maximum absolute atomic E-state index is 12.7. The first-order chi connectivity index (χ1) is 16.0. The van der Waals surface area contributed by atoms with E-state index in [1.807, 2.05) is 30.3 Å². The van der Waals surface area contributed by atoms with Crippen molar-refractivity contribution in [2.75, 3.05) is 4.72 Å². The lowest BCUT2D eigenvalue weighted by molar-refractivity contribution is 0.505. The molecule has 5 rings (SSSR count). The molecule has 3 aromatic carbocycles. The van der Waals surface area contributed by atoms with E-state index in [1.54, 1.807) is 48.7 Å². The van der Waals surface area contributed by atoms with Crippen molar-refractivity contribution in [1.29, 1.82) is 0 Å². The van der Waals surface area contributed by atoms with Gasteiger partial charge >= 0.3 is 6.01 Å². The molecule has 0 bridgehead atoms. The van der Waals surface area contributed by atoms with Crippen LogP contribution in [0.15, 0.2) is 92.7 Å².